The van der Waals surface area contributed by atoms with Gasteiger partial charge in [-0.15, -0.1) is 0 Å². The number of aromatic nitrogens is 2. The van der Waals surface area contributed by atoms with Gasteiger partial charge in [0.2, 0.25) is 0 Å². The van der Waals surface area contributed by atoms with Gasteiger partial charge in [0.05, 0.1) is 34.0 Å². The largest absolute Gasteiger partial charge is 0.396 e. The van der Waals surface area contributed by atoms with Crippen molar-refractivity contribution in [2.45, 2.75) is 0 Å². The highest BCUT2D eigenvalue weighted by atomic mass is 35.5. The molecule has 2 aromatic rings. The molecule has 0 amide bonds. The minimum absolute atomic E-state index is 0.400. The van der Waals surface area contributed by atoms with Crippen molar-refractivity contribution in [3.05, 3.63) is 34.7 Å². The third-order valence-corrected chi connectivity index (χ3v) is 2.51. The molecule has 0 atom stereocenters. The fraction of sp³-hybridized carbons (Fsp3) is 0. The summed E-state index contributed by atoms with van der Waals surface area (Å²) in [5.41, 5.74) is 7.74. The predicted molar refractivity (Wildman–Crippen MR) is 58.5 cm³/mol. The lowest BCUT2D eigenvalue weighted by Crippen LogP contribution is -1.89. The average Bonchev–Trinajstić information content (AvgIpc) is 2.66. The first-order valence-electron chi connectivity index (χ1n) is 3.92. The first-order valence-corrected chi connectivity index (χ1v) is 4.67. The monoisotopic (exact) mass is 227 g/mol. The number of nitrogens with one attached hydrogen (secondary N) is 1. The summed E-state index contributed by atoms with van der Waals surface area (Å²) in [6.45, 7) is 0. The van der Waals surface area contributed by atoms with Crippen LogP contribution in [0.25, 0.3) is 11.3 Å². The van der Waals surface area contributed by atoms with Crippen LogP contribution in [0.4, 0.5) is 5.69 Å². The normalized spacial score (nSPS) is 10.4. The molecule has 1 heterocycles. The van der Waals surface area contributed by atoms with Crippen molar-refractivity contribution in [3.63, 3.8) is 0 Å². The lowest BCUT2D eigenvalue weighted by atomic mass is 10.1. The van der Waals surface area contributed by atoms with Crippen molar-refractivity contribution in [2.24, 2.45) is 0 Å². The molecule has 3 N–H and O–H groups in total. The lowest BCUT2D eigenvalue weighted by Gasteiger charge is -2.04. The van der Waals surface area contributed by atoms with E-state index in [2.05, 4.69) is 9.97 Å². The highest BCUT2D eigenvalue weighted by Gasteiger charge is 2.06. The fourth-order valence-electron chi connectivity index (χ4n) is 1.15. The second-order valence-corrected chi connectivity index (χ2v) is 3.63. The number of aromatic amines is 1. The standard InChI is InChI=1S/C9H7Cl2N3/c10-6-1-5(2-7(11)9(6)12)8-3-13-4-14-8/h1-4H,12H2,(H,13,14). The summed E-state index contributed by atoms with van der Waals surface area (Å²) < 4.78 is 0. The summed E-state index contributed by atoms with van der Waals surface area (Å²) in [5.74, 6) is 0. The molecule has 0 aliphatic carbocycles. The number of anilines is 1. The number of nitrogens with two attached hydrogens (primary N) is 1. The Bertz CT molecular complexity index is 428. The summed E-state index contributed by atoms with van der Waals surface area (Å²) in [4.78, 5) is 6.87. The Morgan fingerprint density at radius 3 is 2.36 bits per heavy atom. The van der Waals surface area contributed by atoms with Gasteiger partial charge in [-0.3, -0.25) is 0 Å². The summed E-state index contributed by atoms with van der Waals surface area (Å²) >= 11 is 11.8. The maximum Gasteiger partial charge on any atom is 0.0924 e. The van der Waals surface area contributed by atoms with Crippen LogP contribution in [-0.4, -0.2) is 9.97 Å². The van der Waals surface area contributed by atoms with Gasteiger partial charge >= 0.3 is 0 Å². The maximum atomic E-state index is 5.89. The molecule has 14 heavy (non-hydrogen) atoms. The number of nitrogens with zero attached hydrogens (tertiary/aromatic N) is 1. The molecule has 2 rings (SSSR count). The molecule has 0 fully saturated rings. The molecule has 0 aliphatic rings. The molecule has 3 nitrogen and oxygen atoms in total. The van der Waals surface area contributed by atoms with Crippen LogP contribution in [0.3, 0.4) is 0 Å². The summed E-state index contributed by atoms with van der Waals surface area (Å²) in [5, 5.41) is 0.893. The van der Waals surface area contributed by atoms with E-state index in [0.717, 1.165) is 11.3 Å². The molecule has 72 valence electrons. The minimum Gasteiger partial charge on any atom is -0.396 e. The van der Waals surface area contributed by atoms with E-state index in [1.807, 2.05) is 0 Å². The van der Waals surface area contributed by atoms with E-state index in [1.165, 1.54) is 0 Å². The van der Waals surface area contributed by atoms with Gasteiger partial charge in [-0.2, -0.15) is 0 Å². The molecule has 1 aromatic carbocycles. The highest BCUT2D eigenvalue weighted by Crippen LogP contribution is 2.32. The molecule has 0 spiro atoms. The van der Waals surface area contributed by atoms with Crippen LogP contribution < -0.4 is 5.73 Å². The first-order chi connectivity index (χ1) is 6.68. The maximum absolute atomic E-state index is 5.89. The highest BCUT2D eigenvalue weighted by molar-refractivity contribution is 6.39. The third kappa shape index (κ3) is 1.56. The molecule has 0 unspecified atom stereocenters. The number of H-pyrrole nitrogens is 1. The molecule has 0 saturated carbocycles. The van der Waals surface area contributed by atoms with E-state index < -0.39 is 0 Å². The van der Waals surface area contributed by atoms with Crippen molar-refractivity contribution in [1.29, 1.82) is 0 Å². The zero-order valence-electron chi connectivity index (χ0n) is 7.09. The van der Waals surface area contributed by atoms with E-state index in [9.17, 15) is 0 Å². The molecule has 5 heteroatoms. The van der Waals surface area contributed by atoms with Crippen LogP contribution in [0.15, 0.2) is 24.7 Å². The number of rotatable bonds is 1. The molecular formula is C9H7Cl2N3. The van der Waals surface area contributed by atoms with Crippen molar-refractivity contribution >= 4 is 28.9 Å². The van der Waals surface area contributed by atoms with Gasteiger partial charge in [-0.1, -0.05) is 23.2 Å². The predicted octanol–water partition coefficient (Wildman–Crippen LogP) is 2.97. The van der Waals surface area contributed by atoms with Crippen LogP contribution in [0, 0.1) is 0 Å². The SMILES string of the molecule is Nc1c(Cl)cc(-c2cnc[nH]2)cc1Cl. The van der Waals surface area contributed by atoms with E-state index in [1.54, 1.807) is 24.7 Å². The molecular weight excluding hydrogens is 221 g/mol. The first kappa shape index (κ1) is 9.37. The van der Waals surface area contributed by atoms with E-state index in [0.29, 0.717) is 15.7 Å². The lowest BCUT2D eigenvalue weighted by molar-refractivity contribution is 1.31. The van der Waals surface area contributed by atoms with E-state index >= 15 is 0 Å². The van der Waals surface area contributed by atoms with Crippen molar-refractivity contribution < 1.29 is 0 Å². The Labute approximate surface area is 90.9 Å². The molecule has 0 radical (unpaired) electrons. The molecule has 0 aliphatic heterocycles. The number of imidazole rings is 1. The smallest absolute Gasteiger partial charge is 0.0924 e. The van der Waals surface area contributed by atoms with Gasteiger partial charge in [0, 0.05) is 5.56 Å². The zero-order chi connectivity index (χ0) is 10.1. The zero-order valence-corrected chi connectivity index (χ0v) is 8.60. The summed E-state index contributed by atoms with van der Waals surface area (Å²) in [7, 11) is 0. The van der Waals surface area contributed by atoms with Gasteiger partial charge in [-0.25, -0.2) is 4.98 Å². The van der Waals surface area contributed by atoms with Crippen LogP contribution in [0.5, 0.6) is 0 Å². The second kappa shape index (κ2) is 3.52. The average molecular weight is 228 g/mol. The molecule has 0 bridgehead atoms. The summed E-state index contributed by atoms with van der Waals surface area (Å²) in [6, 6.07) is 3.49. The Hall–Kier alpha value is -1.19. The second-order valence-electron chi connectivity index (χ2n) is 2.82. The van der Waals surface area contributed by atoms with Gasteiger partial charge in [-0.05, 0) is 12.1 Å². The number of benzene rings is 1. The van der Waals surface area contributed by atoms with Gasteiger partial charge in [0.25, 0.3) is 0 Å². The number of hydrogen-bond acceptors (Lipinski definition) is 2. The Kier molecular flexibility index (Phi) is 2.35. The molecule has 1 aromatic heterocycles. The van der Waals surface area contributed by atoms with Gasteiger partial charge in [0.15, 0.2) is 0 Å². The molecule has 0 saturated heterocycles. The number of nitrogen functional groups attached to an aromatic ring is 1. The summed E-state index contributed by atoms with van der Waals surface area (Å²) in [6.07, 6.45) is 3.28. The van der Waals surface area contributed by atoms with Crippen LogP contribution in [-0.2, 0) is 0 Å². The Balaban J connectivity index is 2.57. The number of hydrogen-bond donors (Lipinski definition) is 2. The van der Waals surface area contributed by atoms with Crippen LogP contribution in [0.1, 0.15) is 0 Å². The van der Waals surface area contributed by atoms with E-state index in [-0.39, 0.29) is 0 Å². The van der Waals surface area contributed by atoms with Crippen molar-refractivity contribution in [3.8, 4) is 11.3 Å². The van der Waals surface area contributed by atoms with E-state index in [4.69, 9.17) is 28.9 Å². The Morgan fingerprint density at radius 1 is 1.21 bits per heavy atom. The van der Waals surface area contributed by atoms with Gasteiger partial charge < -0.3 is 10.7 Å². The van der Waals surface area contributed by atoms with Crippen molar-refractivity contribution in [2.75, 3.05) is 5.73 Å². The topological polar surface area (TPSA) is 54.7 Å². The van der Waals surface area contributed by atoms with Gasteiger partial charge in [0.1, 0.15) is 0 Å². The minimum atomic E-state index is 0.400. The van der Waals surface area contributed by atoms with Crippen LogP contribution in [0.2, 0.25) is 10.0 Å². The Morgan fingerprint density at radius 2 is 1.86 bits per heavy atom. The quantitative estimate of drug-likeness (QED) is 0.737. The third-order valence-electron chi connectivity index (χ3n) is 1.89. The fourth-order valence-corrected chi connectivity index (χ4v) is 1.64. The number of halogens is 2. The van der Waals surface area contributed by atoms with Crippen LogP contribution >= 0.6 is 23.2 Å². The van der Waals surface area contributed by atoms with Crippen molar-refractivity contribution in [1.82, 2.24) is 9.97 Å².